The molecule has 4 heterocycles. The molecule has 21 nitrogen and oxygen atoms in total. The summed E-state index contributed by atoms with van der Waals surface area (Å²) in [6.07, 6.45) is -30.5. The van der Waals surface area contributed by atoms with E-state index in [4.69, 9.17) is 52.1 Å². The maximum atomic E-state index is 12.4. The molecule has 0 saturated carbocycles. The molecule has 20 atom stereocenters. The number of hydrogen-bond donors (Lipinski definition) is 6. The number of carbonyl (C=O) groups is 4. The van der Waals surface area contributed by atoms with E-state index in [2.05, 4.69) is 0 Å². The van der Waals surface area contributed by atoms with Crippen LogP contribution >= 0.6 is 0 Å². The third kappa shape index (κ3) is 9.97. The van der Waals surface area contributed by atoms with Crippen molar-refractivity contribution in [1.29, 1.82) is 0 Å². The van der Waals surface area contributed by atoms with Gasteiger partial charge in [-0.2, -0.15) is 0 Å². The smallest absolute Gasteiger partial charge is 0.303 e. The van der Waals surface area contributed by atoms with Gasteiger partial charge in [-0.15, -0.1) is 0 Å². The van der Waals surface area contributed by atoms with E-state index in [-0.39, 0.29) is 0 Å². The van der Waals surface area contributed by atoms with E-state index in [9.17, 15) is 49.8 Å². The first kappa shape index (κ1) is 43.1. The lowest BCUT2D eigenvalue weighted by molar-refractivity contribution is -0.384. The number of rotatable bonds is 10. The Bertz CT molecular complexity index is 1270. The van der Waals surface area contributed by atoms with Crippen LogP contribution in [0.1, 0.15) is 55.4 Å². The monoisotopic (exact) mass is 770 g/mol. The first-order chi connectivity index (χ1) is 24.7. The fraction of sp³-hybridized carbons (Fsp3) is 0.875. The molecule has 4 rings (SSSR count). The van der Waals surface area contributed by atoms with Gasteiger partial charge in [-0.05, 0) is 27.7 Å². The van der Waals surface area contributed by atoms with Gasteiger partial charge in [0, 0.05) is 27.7 Å². The first-order valence-electron chi connectivity index (χ1n) is 17.1. The Morgan fingerprint density at radius 3 is 1.26 bits per heavy atom. The van der Waals surface area contributed by atoms with Crippen molar-refractivity contribution in [2.75, 3.05) is 0 Å². The van der Waals surface area contributed by atoms with Crippen molar-refractivity contribution in [1.82, 2.24) is 0 Å². The molecule has 0 aliphatic carbocycles. The maximum absolute atomic E-state index is 12.4. The van der Waals surface area contributed by atoms with E-state index < -0.39 is 147 Å². The lowest BCUT2D eigenvalue weighted by Gasteiger charge is -2.50. The molecule has 4 saturated heterocycles. The summed E-state index contributed by atoms with van der Waals surface area (Å²) in [6, 6.07) is 0. The molecular weight excluding hydrogens is 720 g/mol. The molecule has 0 aromatic heterocycles. The van der Waals surface area contributed by atoms with Crippen molar-refractivity contribution in [2.45, 2.75) is 178 Å². The second-order valence-electron chi connectivity index (χ2n) is 13.4. The van der Waals surface area contributed by atoms with Gasteiger partial charge in [-0.3, -0.25) is 19.2 Å². The van der Waals surface area contributed by atoms with Gasteiger partial charge in [0.1, 0.15) is 48.8 Å². The minimum absolute atomic E-state index is 0.808. The molecule has 4 fully saturated rings. The van der Waals surface area contributed by atoms with Crippen molar-refractivity contribution in [3.05, 3.63) is 0 Å². The molecule has 0 amide bonds. The van der Waals surface area contributed by atoms with Crippen LogP contribution in [-0.2, 0) is 71.3 Å². The van der Waals surface area contributed by atoms with Gasteiger partial charge in [0.2, 0.25) is 0 Å². The van der Waals surface area contributed by atoms with Crippen molar-refractivity contribution in [2.24, 2.45) is 0 Å². The minimum atomic E-state index is -1.93. The molecule has 0 aromatic rings. The van der Waals surface area contributed by atoms with Crippen molar-refractivity contribution < 1.29 is 102 Å². The van der Waals surface area contributed by atoms with Gasteiger partial charge in [0.15, 0.2) is 49.6 Å². The van der Waals surface area contributed by atoms with Crippen LogP contribution in [0.4, 0.5) is 0 Å². The summed E-state index contributed by atoms with van der Waals surface area (Å²) in [5, 5.41) is 64.9. The van der Waals surface area contributed by atoms with Gasteiger partial charge in [0.05, 0.1) is 24.4 Å². The summed E-state index contributed by atoms with van der Waals surface area (Å²) < 4.78 is 62.2. The topological polar surface area (TPSA) is 291 Å². The van der Waals surface area contributed by atoms with Crippen molar-refractivity contribution in [3.63, 3.8) is 0 Å². The van der Waals surface area contributed by atoms with Crippen LogP contribution in [0.2, 0.25) is 0 Å². The summed E-state index contributed by atoms with van der Waals surface area (Å²) in [7, 11) is 0. The normalized spacial score (nSPS) is 46.2. The summed E-state index contributed by atoms with van der Waals surface area (Å²) >= 11 is 0. The largest absolute Gasteiger partial charge is 0.457 e. The molecule has 0 radical (unpaired) electrons. The Kier molecular flexibility index (Phi) is 14.5. The first-order valence-corrected chi connectivity index (χ1v) is 17.1. The Balaban J connectivity index is 1.68. The zero-order valence-electron chi connectivity index (χ0n) is 30.4. The van der Waals surface area contributed by atoms with Gasteiger partial charge >= 0.3 is 23.9 Å². The second kappa shape index (κ2) is 17.9. The van der Waals surface area contributed by atoms with Crippen molar-refractivity contribution in [3.8, 4) is 0 Å². The molecule has 304 valence electrons. The second-order valence-corrected chi connectivity index (χ2v) is 13.4. The minimum Gasteiger partial charge on any atom is -0.457 e. The quantitative estimate of drug-likeness (QED) is 0.0934. The van der Waals surface area contributed by atoms with E-state index in [0.29, 0.717) is 0 Å². The Labute approximate surface area is 304 Å². The van der Waals surface area contributed by atoms with Crippen LogP contribution in [-0.4, -0.2) is 177 Å². The average Bonchev–Trinajstić information content (AvgIpc) is 3.05. The number of esters is 4. The highest BCUT2D eigenvalue weighted by Gasteiger charge is 2.57. The molecule has 1 unspecified atom stereocenters. The highest BCUT2D eigenvalue weighted by atomic mass is 16.8. The fourth-order valence-electron chi connectivity index (χ4n) is 6.60. The van der Waals surface area contributed by atoms with Crippen LogP contribution in [0.5, 0.6) is 0 Å². The summed E-state index contributed by atoms with van der Waals surface area (Å²) in [4.78, 5) is 48.6. The molecule has 0 aromatic carbocycles. The van der Waals surface area contributed by atoms with E-state index in [1.807, 2.05) is 0 Å². The van der Waals surface area contributed by atoms with Crippen LogP contribution in [0.15, 0.2) is 0 Å². The van der Waals surface area contributed by atoms with Gasteiger partial charge in [0.25, 0.3) is 0 Å². The summed E-state index contributed by atoms with van der Waals surface area (Å²) in [5.41, 5.74) is 0. The van der Waals surface area contributed by atoms with Crippen LogP contribution in [0.25, 0.3) is 0 Å². The molecule has 0 bridgehead atoms. The SMILES string of the molecule is CC(=O)O[C@@H]1[C@@H](O)[C@H](C)O[C@@H](O[C@H]2[C@@H](O)[C@H](O[C@@H]3[C@@H](OC(C)=O)[C@H](C)O[C@@H](O[C@@H]4[C@@H](O)[C@H](C)OC(O)[C@@H]4O)[C@@H]3OC(C)=O)O[C@@H](C)[C@@H]2OC(C)=O)[C@@H]1O. The zero-order valence-corrected chi connectivity index (χ0v) is 30.4. The van der Waals surface area contributed by atoms with Crippen LogP contribution < -0.4 is 0 Å². The van der Waals surface area contributed by atoms with Crippen LogP contribution in [0.3, 0.4) is 0 Å². The van der Waals surface area contributed by atoms with Crippen molar-refractivity contribution >= 4 is 23.9 Å². The molecule has 53 heavy (non-hydrogen) atoms. The van der Waals surface area contributed by atoms with E-state index in [1.165, 1.54) is 27.7 Å². The number of carbonyl (C=O) groups excluding carboxylic acids is 4. The molecule has 0 spiro atoms. The zero-order chi connectivity index (χ0) is 39.6. The standard InChI is InChI=1S/C32H50O21/c1-9-17(37)24(19(39)29(42)43-9)51-32-28(50-16(8)36)27(23(12(4)46-32)48-14(6)34)53-31-21(41)26(22(11(3)45-31)47-13(5)33)52-30-20(40)25(49-15(7)35)18(38)10(2)44-30/h9-12,17-32,37-42H,1-8H3/t9-,10-,11-,12-,17-,18-,19+,20+,21+,22-,23-,24+,25+,26-,27+,28+,29?,30-,31-,32-/m0/s1. The maximum Gasteiger partial charge on any atom is 0.303 e. The van der Waals surface area contributed by atoms with Gasteiger partial charge < -0.3 is 82.7 Å². The molecule has 6 N–H and O–H groups in total. The van der Waals surface area contributed by atoms with E-state index in [1.54, 1.807) is 0 Å². The van der Waals surface area contributed by atoms with Gasteiger partial charge in [-0.25, -0.2) is 0 Å². The fourth-order valence-corrected chi connectivity index (χ4v) is 6.60. The third-order valence-electron chi connectivity index (χ3n) is 9.14. The molecular formula is C32H50O21. The van der Waals surface area contributed by atoms with Crippen LogP contribution in [0, 0.1) is 0 Å². The Morgan fingerprint density at radius 1 is 0.377 bits per heavy atom. The summed E-state index contributed by atoms with van der Waals surface area (Å²) in [5.74, 6) is -3.35. The summed E-state index contributed by atoms with van der Waals surface area (Å²) in [6.45, 7) is 9.98. The third-order valence-corrected chi connectivity index (χ3v) is 9.14. The lowest BCUT2D eigenvalue weighted by atomic mass is 9.95. The average molecular weight is 771 g/mol. The number of aliphatic hydroxyl groups excluding tert-OH is 6. The molecule has 4 aliphatic heterocycles. The predicted molar refractivity (Wildman–Crippen MR) is 166 cm³/mol. The Morgan fingerprint density at radius 2 is 0.736 bits per heavy atom. The highest BCUT2D eigenvalue weighted by molar-refractivity contribution is 5.67. The lowest BCUT2D eigenvalue weighted by Crippen LogP contribution is -2.67. The van der Waals surface area contributed by atoms with E-state index in [0.717, 1.165) is 27.7 Å². The molecule has 4 aliphatic rings. The Hall–Kier alpha value is -2.64. The van der Waals surface area contributed by atoms with E-state index >= 15 is 0 Å². The highest BCUT2D eigenvalue weighted by Crippen LogP contribution is 2.37. The molecule has 21 heteroatoms. The number of aliphatic hydroxyl groups is 6. The number of hydrogen-bond acceptors (Lipinski definition) is 21. The number of ether oxygens (including phenoxy) is 11. The van der Waals surface area contributed by atoms with Gasteiger partial charge in [-0.1, -0.05) is 0 Å². The predicted octanol–water partition coefficient (Wildman–Crippen LogP) is -3.36.